The number of thioether (sulfide) groups is 1. The van der Waals surface area contributed by atoms with Crippen LogP contribution in [0.2, 0.25) is 5.02 Å². The summed E-state index contributed by atoms with van der Waals surface area (Å²) in [7, 11) is 0. The summed E-state index contributed by atoms with van der Waals surface area (Å²) in [5.41, 5.74) is 1.73. The lowest BCUT2D eigenvalue weighted by Crippen LogP contribution is -2.49. The molecule has 0 saturated carbocycles. The number of nitrogens with one attached hydrogen (secondary N) is 1. The number of aromatic nitrogens is 4. The maximum atomic E-state index is 12.5. The summed E-state index contributed by atoms with van der Waals surface area (Å²) >= 11 is 7.40. The van der Waals surface area contributed by atoms with E-state index >= 15 is 0 Å². The maximum absolute atomic E-state index is 12.5. The molecule has 3 heterocycles. The van der Waals surface area contributed by atoms with E-state index in [0.29, 0.717) is 23.9 Å². The summed E-state index contributed by atoms with van der Waals surface area (Å²) in [5, 5.41) is 1.39. The van der Waals surface area contributed by atoms with Gasteiger partial charge in [0.2, 0.25) is 5.91 Å². The fourth-order valence-corrected chi connectivity index (χ4v) is 3.85. The highest BCUT2D eigenvalue weighted by atomic mass is 35.5. The van der Waals surface area contributed by atoms with E-state index in [1.165, 1.54) is 11.8 Å². The van der Waals surface area contributed by atoms with Crippen molar-refractivity contribution in [2.24, 2.45) is 0 Å². The van der Waals surface area contributed by atoms with Gasteiger partial charge in [-0.15, -0.1) is 0 Å². The molecule has 1 aromatic carbocycles. The Bertz CT molecular complexity index is 910. The van der Waals surface area contributed by atoms with Gasteiger partial charge in [0.25, 0.3) is 0 Å². The molecule has 1 fully saturated rings. The molecular weight excluding hydrogens is 372 g/mol. The zero-order chi connectivity index (χ0) is 17.9. The highest BCUT2D eigenvalue weighted by Crippen LogP contribution is 2.22. The van der Waals surface area contributed by atoms with Crippen molar-refractivity contribution >= 4 is 46.1 Å². The Labute approximate surface area is 159 Å². The first kappa shape index (κ1) is 17.1. The van der Waals surface area contributed by atoms with Crippen molar-refractivity contribution in [3.05, 3.63) is 41.8 Å². The second-order valence-electron chi connectivity index (χ2n) is 5.92. The van der Waals surface area contributed by atoms with E-state index in [1.54, 1.807) is 24.7 Å². The Morgan fingerprint density at radius 2 is 2.08 bits per heavy atom. The van der Waals surface area contributed by atoms with E-state index in [2.05, 4.69) is 24.8 Å². The molecule has 9 heteroatoms. The number of anilines is 1. The van der Waals surface area contributed by atoms with E-state index < -0.39 is 0 Å². The van der Waals surface area contributed by atoms with Gasteiger partial charge < -0.3 is 14.8 Å². The first-order chi connectivity index (χ1) is 12.7. The Hall–Kier alpha value is -2.32. The molecule has 1 amide bonds. The lowest BCUT2D eigenvalue weighted by atomic mass is 10.3. The number of hydrogen-bond acceptors (Lipinski definition) is 6. The molecule has 4 rings (SSSR count). The summed E-state index contributed by atoms with van der Waals surface area (Å²) in [6, 6.07) is 5.51. The van der Waals surface area contributed by atoms with Crippen molar-refractivity contribution in [1.29, 1.82) is 0 Å². The zero-order valence-electron chi connectivity index (χ0n) is 13.9. The van der Waals surface area contributed by atoms with E-state index in [0.717, 1.165) is 35.1 Å². The van der Waals surface area contributed by atoms with Gasteiger partial charge in [0.1, 0.15) is 5.82 Å². The number of rotatable bonds is 4. The van der Waals surface area contributed by atoms with Crippen molar-refractivity contribution in [1.82, 2.24) is 24.8 Å². The number of carbonyl (C=O) groups excluding carboxylic acids is 1. The van der Waals surface area contributed by atoms with Crippen LogP contribution >= 0.6 is 23.4 Å². The van der Waals surface area contributed by atoms with Crippen molar-refractivity contribution in [3.8, 4) is 0 Å². The number of piperazine rings is 1. The number of fused-ring (bicyclic) bond motifs is 1. The van der Waals surface area contributed by atoms with E-state index in [-0.39, 0.29) is 5.91 Å². The number of hydrogen-bond donors (Lipinski definition) is 1. The average molecular weight is 389 g/mol. The minimum atomic E-state index is 0.118. The number of nitrogens with zero attached hydrogens (tertiary/aromatic N) is 5. The van der Waals surface area contributed by atoms with Crippen LogP contribution in [-0.2, 0) is 4.79 Å². The van der Waals surface area contributed by atoms with Crippen LogP contribution in [0.4, 0.5) is 5.82 Å². The number of benzene rings is 1. The van der Waals surface area contributed by atoms with E-state index in [4.69, 9.17) is 11.6 Å². The number of H-pyrrole nitrogens is 1. The molecule has 0 spiro atoms. The number of halogens is 1. The molecule has 1 aliphatic rings. The summed E-state index contributed by atoms with van der Waals surface area (Å²) in [5.74, 6) is 1.33. The Kier molecular flexibility index (Phi) is 4.94. The quantitative estimate of drug-likeness (QED) is 0.692. The Morgan fingerprint density at radius 1 is 1.23 bits per heavy atom. The van der Waals surface area contributed by atoms with Gasteiger partial charge in [-0.05, 0) is 18.2 Å². The monoisotopic (exact) mass is 388 g/mol. The molecule has 7 nitrogen and oxygen atoms in total. The number of carbonyl (C=O) groups is 1. The summed E-state index contributed by atoms with van der Waals surface area (Å²) < 4.78 is 0. The average Bonchev–Trinajstić information content (AvgIpc) is 3.09. The van der Waals surface area contributed by atoms with Gasteiger partial charge in [0, 0.05) is 43.6 Å². The lowest BCUT2D eigenvalue weighted by Gasteiger charge is -2.35. The number of aromatic amines is 1. The van der Waals surface area contributed by atoms with Crippen LogP contribution in [0, 0.1) is 0 Å². The van der Waals surface area contributed by atoms with Gasteiger partial charge in [-0.2, -0.15) is 0 Å². The minimum absolute atomic E-state index is 0.118. The second kappa shape index (κ2) is 7.51. The van der Waals surface area contributed by atoms with Crippen LogP contribution in [0.1, 0.15) is 0 Å². The first-order valence-electron chi connectivity index (χ1n) is 8.26. The lowest BCUT2D eigenvalue weighted by molar-refractivity contribution is -0.128. The van der Waals surface area contributed by atoms with Gasteiger partial charge in [-0.1, -0.05) is 23.4 Å². The van der Waals surface area contributed by atoms with Crippen LogP contribution in [0.15, 0.2) is 41.9 Å². The van der Waals surface area contributed by atoms with Gasteiger partial charge >= 0.3 is 0 Å². The highest BCUT2D eigenvalue weighted by Gasteiger charge is 2.22. The molecule has 1 N–H and O–H groups in total. The molecule has 0 unspecified atom stereocenters. The largest absolute Gasteiger partial charge is 0.352 e. The van der Waals surface area contributed by atoms with Crippen LogP contribution in [0.3, 0.4) is 0 Å². The fourth-order valence-electron chi connectivity index (χ4n) is 2.89. The van der Waals surface area contributed by atoms with Crippen molar-refractivity contribution in [2.75, 3.05) is 36.8 Å². The number of imidazole rings is 1. The third-order valence-corrected chi connectivity index (χ3v) is 5.35. The highest BCUT2D eigenvalue weighted by molar-refractivity contribution is 7.99. The molecule has 134 valence electrons. The van der Waals surface area contributed by atoms with Crippen LogP contribution in [-0.4, -0.2) is 62.7 Å². The van der Waals surface area contributed by atoms with Gasteiger partial charge in [-0.3, -0.25) is 9.78 Å². The summed E-state index contributed by atoms with van der Waals surface area (Å²) in [4.78, 5) is 32.6. The zero-order valence-corrected chi connectivity index (χ0v) is 15.5. The minimum Gasteiger partial charge on any atom is -0.352 e. The fraction of sp³-hybridized carbons (Fsp3) is 0.294. The Balaban J connectivity index is 1.31. The standard InChI is InChI=1S/C17H17ClN6OS/c18-12-1-2-13-14(9-12)22-17(21-13)26-11-16(25)24-7-5-23(6-8-24)15-10-19-3-4-20-15/h1-4,9-10H,5-8,11H2,(H,21,22). The number of amides is 1. The molecule has 0 atom stereocenters. The topological polar surface area (TPSA) is 78.0 Å². The maximum Gasteiger partial charge on any atom is 0.233 e. The molecule has 26 heavy (non-hydrogen) atoms. The molecule has 1 saturated heterocycles. The van der Waals surface area contributed by atoms with Gasteiger partial charge in [0.15, 0.2) is 5.16 Å². The molecule has 1 aliphatic heterocycles. The van der Waals surface area contributed by atoms with Crippen LogP contribution < -0.4 is 4.90 Å². The second-order valence-corrected chi connectivity index (χ2v) is 7.32. The third-order valence-electron chi connectivity index (χ3n) is 4.26. The van der Waals surface area contributed by atoms with E-state index in [1.807, 2.05) is 17.0 Å². The molecule has 2 aromatic heterocycles. The smallest absolute Gasteiger partial charge is 0.233 e. The van der Waals surface area contributed by atoms with E-state index in [9.17, 15) is 4.79 Å². The molecule has 0 radical (unpaired) electrons. The Morgan fingerprint density at radius 3 is 2.85 bits per heavy atom. The SMILES string of the molecule is O=C(CSc1nc2ccc(Cl)cc2[nH]1)N1CCN(c2cnccn2)CC1. The van der Waals surface area contributed by atoms with Gasteiger partial charge in [0.05, 0.1) is 23.0 Å². The van der Waals surface area contributed by atoms with Crippen molar-refractivity contribution < 1.29 is 4.79 Å². The molecule has 3 aromatic rings. The molecular formula is C17H17ClN6OS. The van der Waals surface area contributed by atoms with Gasteiger partial charge in [-0.25, -0.2) is 9.97 Å². The van der Waals surface area contributed by atoms with Crippen molar-refractivity contribution in [2.45, 2.75) is 5.16 Å². The summed E-state index contributed by atoms with van der Waals surface area (Å²) in [6.45, 7) is 2.90. The predicted octanol–water partition coefficient (Wildman–Crippen LogP) is 2.45. The van der Waals surface area contributed by atoms with Crippen molar-refractivity contribution in [3.63, 3.8) is 0 Å². The van der Waals surface area contributed by atoms with Crippen LogP contribution in [0.25, 0.3) is 11.0 Å². The third kappa shape index (κ3) is 3.76. The van der Waals surface area contributed by atoms with Crippen LogP contribution in [0.5, 0.6) is 0 Å². The molecule has 0 bridgehead atoms. The first-order valence-corrected chi connectivity index (χ1v) is 9.62. The molecule has 0 aliphatic carbocycles. The normalized spacial score (nSPS) is 14.8. The summed E-state index contributed by atoms with van der Waals surface area (Å²) in [6.07, 6.45) is 5.09. The predicted molar refractivity (Wildman–Crippen MR) is 103 cm³/mol.